The van der Waals surface area contributed by atoms with Crippen molar-refractivity contribution in [1.82, 2.24) is 10.2 Å². The normalized spacial score (nSPS) is 23.6. The average Bonchev–Trinajstić information content (AvgIpc) is 2.28. The number of piperidine rings is 1. The maximum absolute atomic E-state index is 11.7. The number of carbonyl (C=O) groups is 1. The molecule has 0 spiro atoms. The summed E-state index contributed by atoms with van der Waals surface area (Å²) in [6.07, 6.45) is 6.37. The summed E-state index contributed by atoms with van der Waals surface area (Å²) in [5, 5.41) is 3.45. The smallest absolute Gasteiger partial charge is 0.320 e. The zero-order chi connectivity index (χ0) is 12.8. The highest BCUT2D eigenvalue weighted by Crippen LogP contribution is 2.26. The molecule has 1 aliphatic carbocycles. The maximum Gasteiger partial charge on any atom is 0.320 e. The third-order valence-electron chi connectivity index (χ3n) is 4.12. The second-order valence-electron chi connectivity index (χ2n) is 5.53. The Kier molecular flexibility index (Phi) is 7.73. The molecule has 1 saturated heterocycles. The molecule has 0 amide bonds. The molecule has 2 aliphatic rings. The van der Waals surface area contributed by atoms with Crippen molar-refractivity contribution in [1.29, 1.82) is 0 Å². The molecule has 2 fully saturated rings. The molecule has 1 aliphatic heterocycles. The summed E-state index contributed by atoms with van der Waals surface area (Å²) in [5.74, 6) is 0.641. The van der Waals surface area contributed by atoms with Gasteiger partial charge >= 0.3 is 5.97 Å². The molecule has 1 saturated carbocycles. The quantitative estimate of drug-likeness (QED) is 0.758. The standard InChI is InChI=1S/C14H26N2O2.ClH/c1-2-18-14(17)11-16(13-6-3-7-13)10-12-5-4-8-15-9-12;/h12-13,15H,2-11H2,1H3;1H. The van der Waals surface area contributed by atoms with Crippen LogP contribution < -0.4 is 5.32 Å². The molecule has 19 heavy (non-hydrogen) atoms. The molecule has 1 heterocycles. The average molecular weight is 291 g/mol. The zero-order valence-electron chi connectivity index (χ0n) is 11.9. The summed E-state index contributed by atoms with van der Waals surface area (Å²) in [7, 11) is 0. The van der Waals surface area contributed by atoms with E-state index in [4.69, 9.17) is 4.74 Å². The lowest BCUT2D eigenvalue weighted by Crippen LogP contribution is -2.48. The third-order valence-corrected chi connectivity index (χ3v) is 4.12. The Bertz CT molecular complexity index is 266. The topological polar surface area (TPSA) is 41.6 Å². The van der Waals surface area contributed by atoms with Crippen molar-refractivity contribution in [3.8, 4) is 0 Å². The lowest BCUT2D eigenvalue weighted by Gasteiger charge is -2.39. The van der Waals surface area contributed by atoms with Crippen LogP contribution in [0.3, 0.4) is 0 Å². The summed E-state index contributed by atoms with van der Waals surface area (Å²) in [6, 6.07) is 0.622. The summed E-state index contributed by atoms with van der Waals surface area (Å²) in [4.78, 5) is 14.0. The molecule has 0 aromatic rings. The SMILES string of the molecule is CCOC(=O)CN(CC1CCCNC1)C1CCC1.Cl. The van der Waals surface area contributed by atoms with Crippen LogP contribution in [-0.4, -0.2) is 49.7 Å². The summed E-state index contributed by atoms with van der Waals surface area (Å²) in [5.41, 5.74) is 0. The van der Waals surface area contributed by atoms with Crippen LogP contribution in [0.5, 0.6) is 0 Å². The van der Waals surface area contributed by atoms with Crippen LogP contribution >= 0.6 is 12.4 Å². The van der Waals surface area contributed by atoms with Gasteiger partial charge in [-0.05, 0) is 51.6 Å². The summed E-state index contributed by atoms with van der Waals surface area (Å²) in [6.45, 7) is 6.15. The van der Waals surface area contributed by atoms with Gasteiger partial charge in [-0.3, -0.25) is 9.69 Å². The molecule has 112 valence electrons. The number of ether oxygens (including phenoxy) is 1. The van der Waals surface area contributed by atoms with Crippen molar-refractivity contribution in [3.05, 3.63) is 0 Å². The van der Waals surface area contributed by atoms with Crippen molar-refractivity contribution in [2.24, 2.45) is 5.92 Å². The minimum Gasteiger partial charge on any atom is -0.465 e. The Morgan fingerprint density at radius 2 is 2.11 bits per heavy atom. The van der Waals surface area contributed by atoms with Gasteiger partial charge in [-0.2, -0.15) is 0 Å². The van der Waals surface area contributed by atoms with E-state index >= 15 is 0 Å². The van der Waals surface area contributed by atoms with Gasteiger partial charge < -0.3 is 10.1 Å². The predicted molar refractivity (Wildman–Crippen MR) is 78.7 cm³/mol. The van der Waals surface area contributed by atoms with E-state index in [1.54, 1.807) is 0 Å². The number of nitrogens with one attached hydrogen (secondary N) is 1. The second kappa shape index (κ2) is 8.77. The number of halogens is 1. The van der Waals surface area contributed by atoms with Gasteiger partial charge in [0.2, 0.25) is 0 Å². The van der Waals surface area contributed by atoms with E-state index < -0.39 is 0 Å². The first-order valence-electron chi connectivity index (χ1n) is 7.40. The minimum absolute atomic E-state index is 0. The number of esters is 1. The Morgan fingerprint density at radius 3 is 2.63 bits per heavy atom. The number of rotatable bonds is 6. The molecule has 2 rings (SSSR count). The summed E-state index contributed by atoms with van der Waals surface area (Å²) >= 11 is 0. The van der Waals surface area contributed by atoms with Crippen LogP contribution in [0.2, 0.25) is 0 Å². The van der Waals surface area contributed by atoms with Crippen LogP contribution in [0.4, 0.5) is 0 Å². The Hall–Kier alpha value is -0.320. The van der Waals surface area contributed by atoms with Gasteiger partial charge in [-0.15, -0.1) is 12.4 Å². The van der Waals surface area contributed by atoms with E-state index in [1.165, 1.54) is 32.1 Å². The molecule has 4 nitrogen and oxygen atoms in total. The van der Waals surface area contributed by atoms with Crippen LogP contribution in [0.1, 0.15) is 39.0 Å². The predicted octanol–water partition coefficient (Wildman–Crippen LogP) is 1.83. The molecule has 1 atom stereocenters. The van der Waals surface area contributed by atoms with Crippen LogP contribution in [0.25, 0.3) is 0 Å². The Balaban J connectivity index is 0.00000180. The fourth-order valence-electron chi connectivity index (χ4n) is 2.88. The largest absolute Gasteiger partial charge is 0.465 e. The molecule has 0 aromatic carbocycles. The molecule has 5 heteroatoms. The number of nitrogens with zero attached hydrogens (tertiary/aromatic N) is 1. The fraction of sp³-hybridized carbons (Fsp3) is 0.929. The monoisotopic (exact) mass is 290 g/mol. The van der Waals surface area contributed by atoms with E-state index in [-0.39, 0.29) is 18.4 Å². The molecule has 0 radical (unpaired) electrons. The van der Waals surface area contributed by atoms with Crippen molar-refractivity contribution in [2.75, 3.05) is 32.8 Å². The first-order chi connectivity index (χ1) is 8.79. The van der Waals surface area contributed by atoms with Gasteiger partial charge in [-0.1, -0.05) is 6.42 Å². The third kappa shape index (κ3) is 5.28. The van der Waals surface area contributed by atoms with Gasteiger partial charge in [0.05, 0.1) is 13.2 Å². The van der Waals surface area contributed by atoms with Crippen molar-refractivity contribution in [3.63, 3.8) is 0 Å². The first-order valence-corrected chi connectivity index (χ1v) is 7.40. The van der Waals surface area contributed by atoms with E-state index in [2.05, 4.69) is 10.2 Å². The van der Waals surface area contributed by atoms with Crippen molar-refractivity contribution >= 4 is 18.4 Å². The number of hydrogen-bond donors (Lipinski definition) is 1. The Labute approximate surface area is 122 Å². The van der Waals surface area contributed by atoms with Crippen LogP contribution in [-0.2, 0) is 9.53 Å². The van der Waals surface area contributed by atoms with Gasteiger partial charge in [-0.25, -0.2) is 0 Å². The molecular formula is C14H27ClN2O2. The lowest BCUT2D eigenvalue weighted by molar-refractivity contribution is -0.145. The van der Waals surface area contributed by atoms with Crippen molar-refractivity contribution < 1.29 is 9.53 Å². The highest BCUT2D eigenvalue weighted by molar-refractivity contribution is 5.85. The first kappa shape index (κ1) is 16.7. The van der Waals surface area contributed by atoms with Crippen molar-refractivity contribution in [2.45, 2.75) is 45.1 Å². The highest BCUT2D eigenvalue weighted by Gasteiger charge is 2.29. The minimum atomic E-state index is -0.0619. The van der Waals surface area contributed by atoms with Gasteiger partial charge in [0.25, 0.3) is 0 Å². The molecule has 1 N–H and O–H groups in total. The van der Waals surface area contributed by atoms with Gasteiger partial charge in [0, 0.05) is 12.6 Å². The summed E-state index contributed by atoms with van der Waals surface area (Å²) < 4.78 is 5.08. The number of carbonyl (C=O) groups excluding carboxylic acids is 1. The molecule has 0 aromatic heterocycles. The van der Waals surface area contributed by atoms with E-state index in [1.807, 2.05) is 6.92 Å². The highest BCUT2D eigenvalue weighted by atomic mass is 35.5. The van der Waals surface area contributed by atoms with E-state index in [0.717, 1.165) is 19.6 Å². The second-order valence-corrected chi connectivity index (χ2v) is 5.53. The number of hydrogen-bond acceptors (Lipinski definition) is 4. The zero-order valence-corrected chi connectivity index (χ0v) is 12.7. The van der Waals surface area contributed by atoms with E-state index in [9.17, 15) is 4.79 Å². The van der Waals surface area contributed by atoms with Crippen LogP contribution in [0.15, 0.2) is 0 Å². The van der Waals surface area contributed by atoms with E-state index in [0.29, 0.717) is 25.1 Å². The maximum atomic E-state index is 11.7. The molecular weight excluding hydrogens is 264 g/mol. The molecule has 0 bridgehead atoms. The van der Waals surface area contributed by atoms with Gasteiger partial charge in [0.1, 0.15) is 0 Å². The van der Waals surface area contributed by atoms with Crippen LogP contribution in [0, 0.1) is 5.92 Å². The van der Waals surface area contributed by atoms with Gasteiger partial charge in [0.15, 0.2) is 0 Å². The Morgan fingerprint density at radius 1 is 1.32 bits per heavy atom. The molecule has 1 unspecified atom stereocenters. The fourth-order valence-corrected chi connectivity index (χ4v) is 2.88. The lowest BCUT2D eigenvalue weighted by atomic mass is 9.89.